The van der Waals surface area contributed by atoms with Crippen LogP contribution >= 0.6 is 0 Å². The summed E-state index contributed by atoms with van der Waals surface area (Å²) in [4.78, 5) is 23.9. The molecule has 2 aromatic carbocycles. The van der Waals surface area contributed by atoms with Crippen LogP contribution in [-0.4, -0.2) is 26.0 Å². The summed E-state index contributed by atoms with van der Waals surface area (Å²) in [6.45, 7) is 1.91. The van der Waals surface area contributed by atoms with Crippen molar-refractivity contribution in [3.8, 4) is 5.75 Å². The summed E-state index contributed by atoms with van der Waals surface area (Å²) in [5.41, 5.74) is 2.50. The number of carbonyl (C=O) groups is 2. The molecule has 0 spiro atoms. The van der Waals surface area contributed by atoms with Crippen LogP contribution in [-0.2, 0) is 0 Å². The number of methoxy groups -OCH3 is 1. The fourth-order valence-electron chi connectivity index (χ4n) is 2.05. The van der Waals surface area contributed by atoms with Crippen molar-refractivity contribution in [3.63, 3.8) is 0 Å². The zero-order valence-electron chi connectivity index (χ0n) is 12.8. The van der Waals surface area contributed by atoms with E-state index in [9.17, 15) is 9.59 Å². The summed E-state index contributed by atoms with van der Waals surface area (Å²) in [5.74, 6) is 0.201. The fraction of sp³-hybridized carbons (Fsp3) is 0.176. The number of aryl methyl sites for hydroxylation is 1. The first-order valence-corrected chi connectivity index (χ1v) is 6.83. The first-order chi connectivity index (χ1) is 10.5. The SMILES string of the molecule is CNC(=O)c1cccc(NC(=O)c2ccc(C)c(OC)c2)c1. The molecular weight excluding hydrogens is 280 g/mol. The molecule has 0 atom stereocenters. The Hall–Kier alpha value is -2.82. The predicted molar refractivity (Wildman–Crippen MR) is 85.5 cm³/mol. The molecule has 2 amide bonds. The Morgan fingerprint density at radius 3 is 2.41 bits per heavy atom. The number of anilines is 1. The number of nitrogens with one attached hydrogen (secondary N) is 2. The van der Waals surface area contributed by atoms with Gasteiger partial charge < -0.3 is 15.4 Å². The second-order valence-corrected chi connectivity index (χ2v) is 4.80. The van der Waals surface area contributed by atoms with Crippen LogP contribution in [0.3, 0.4) is 0 Å². The van der Waals surface area contributed by atoms with Gasteiger partial charge in [0, 0.05) is 23.9 Å². The minimum atomic E-state index is -0.257. The molecule has 22 heavy (non-hydrogen) atoms. The van der Waals surface area contributed by atoms with Crippen LogP contribution < -0.4 is 15.4 Å². The maximum Gasteiger partial charge on any atom is 0.255 e. The molecule has 5 heteroatoms. The summed E-state index contributed by atoms with van der Waals surface area (Å²) in [7, 11) is 3.13. The number of hydrogen-bond acceptors (Lipinski definition) is 3. The standard InChI is InChI=1S/C17H18N2O3/c1-11-7-8-13(10-15(11)22-3)17(21)19-14-6-4-5-12(9-14)16(20)18-2/h4-10H,1-3H3,(H,18,20)(H,19,21). The normalized spacial score (nSPS) is 9.95. The number of rotatable bonds is 4. The maximum atomic E-state index is 12.3. The van der Waals surface area contributed by atoms with Crippen molar-refractivity contribution in [2.24, 2.45) is 0 Å². The van der Waals surface area contributed by atoms with Crippen LogP contribution in [0.15, 0.2) is 42.5 Å². The fourth-order valence-corrected chi connectivity index (χ4v) is 2.05. The highest BCUT2D eigenvalue weighted by Gasteiger charge is 2.10. The second kappa shape index (κ2) is 6.76. The highest BCUT2D eigenvalue weighted by Crippen LogP contribution is 2.20. The second-order valence-electron chi connectivity index (χ2n) is 4.80. The molecule has 0 bridgehead atoms. The first kappa shape index (κ1) is 15.6. The van der Waals surface area contributed by atoms with Gasteiger partial charge in [0.25, 0.3) is 11.8 Å². The molecule has 0 unspecified atom stereocenters. The topological polar surface area (TPSA) is 67.4 Å². The van der Waals surface area contributed by atoms with E-state index in [0.717, 1.165) is 5.56 Å². The predicted octanol–water partition coefficient (Wildman–Crippen LogP) is 2.62. The van der Waals surface area contributed by atoms with E-state index in [0.29, 0.717) is 22.6 Å². The van der Waals surface area contributed by atoms with E-state index in [4.69, 9.17) is 4.74 Å². The zero-order valence-corrected chi connectivity index (χ0v) is 12.8. The molecule has 0 aliphatic heterocycles. The molecule has 2 rings (SSSR count). The zero-order chi connectivity index (χ0) is 16.1. The Balaban J connectivity index is 2.20. The van der Waals surface area contributed by atoms with E-state index in [1.807, 2.05) is 13.0 Å². The molecule has 0 saturated heterocycles. The van der Waals surface area contributed by atoms with E-state index in [2.05, 4.69) is 10.6 Å². The van der Waals surface area contributed by atoms with Crippen molar-refractivity contribution < 1.29 is 14.3 Å². The Bertz CT molecular complexity index is 711. The van der Waals surface area contributed by atoms with Crippen molar-refractivity contribution in [1.29, 1.82) is 0 Å². The smallest absolute Gasteiger partial charge is 0.255 e. The Morgan fingerprint density at radius 2 is 1.73 bits per heavy atom. The Labute approximate surface area is 129 Å². The van der Waals surface area contributed by atoms with Gasteiger partial charge in [0.05, 0.1) is 7.11 Å². The van der Waals surface area contributed by atoms with Gasteiger partial charge in [0.2, 0.25) is 0 Å². The van der Waals surface area contributed by atoms with Crippen LogP contribution in [0.25, 0.3) is 0 Å². The molecule has 2 N–H and O–H groups in total. The highest BCUT2D eigenvalue weighted by atomic mass is 16.5. The molecule has 0 heterocycles. The van der Waals surface area contributed by atoms with Gasteiger partial charge in [-0.05, 0) is 42.8 Å². The number of hydrogen-bond donors (Lipinski definition) is 2. The molecule has 2 aromatic rings. The van der Waals surface area contributed by atoms with Gasteiger partial charge in [-0.15, -0.1) is 0 Å². The van der Waals surface area contributed by atoms with Gasteiger partial charge in [-0.2, -0.15) is 0 Å². The highest BCUT2D eigenvalue weighted by molar-refractivity contribution is 6.05. The van der Waals surface area contributed by atoms with Crippen LogP contribution in [0.4, 0.5) is 5.69 Å². The van der Waals surface area contributed by atoms with Gasteiger partial charge in [-0.3, -0.25) is 9.59 Å². The molecule has 0 radical (unpaired) electrons. The number of carbonyl (C=O) groups excluding carboxylic acids is 2. The summed E-state index contributed by atoms with van der Waals surface area (Å²) in [6.07, 6.45) is 0. The minimum absolute atomic E-state index is 0.201. The molecule has 5 nitrogen and oxygen atoms in total. The monoisotopic (exact) mass is 298 g/mol. The lowest BCUT2D eigenvalue weighted by molar-refractivity contribution is 0.0961. The van der Waals surface area contributed by atoms with E-state index >= 15 is 0 Å². The molecule has 0 aliphatic rings. The lowest BCUT2D eigenvalue weighted by Gasteiger charge is -2.09. The summed E-state index contributed by atoms with van der Waals surface area (Å²) in [6, 6.07) is 12.0. The minimum Gasteiger partial charge on any atom is -0.496 e. The van der Waals surface area contributed by atoms with Gasteiger partial charge >= 0.3 is 0 Å². The first-order valence-electron chi connectivity index (χ1n) is 6.83. The van der Waals surface area contributed by atoms with E-state index in [1.54, 1.807) is 50.6 Å². The van der Waals surface area contributed by atoms with Crippen molar-refractivity contribution in [1.82, 2.24) is 5.32 Å². The van der Waals surface area contributed by atoms with Crippen molar-refractivity contribution in [2.75, 3.05) is 19.5 Å². The Morgan fingerprint density at radius 1 is 1.00 bits per heavy atom. The lowest BCUT2D eigenvalue weighted by Crippen LogP contribution is -2.18. The van der Waals surface area contributed by atoms with Gasteiger partial charge in [0.1, 0.15) is 5.75 Å². The van der Waals surface area contributed by atoms with Gasteiger partial charge in [0.15, 0.2) is 0 Å². The molecular formula is C17H18N2O3. The molecule has 0 saturated carbocycles. The molecule has 0 aliphatic carbocycles. The Kier molecular flexibility index (Phi) is 4.78. The summed E-state index contributed by atoms with van der Waals surface area (Å²) in [5, 5.41) is 5.32. The number of benzene rings is 2. The molecule has 0 aromatic heterocycles. The van der Waals surface area contributed by atoms with E-state index in [-0.39, 0.29) is 11.8 Å². The van der Waals surface area contributed by atoms with Crippen molar-refractivity contribution >= 4 is 17.5 Å². The molecule has 0 fully saturated rings. The average Bonchev–Trinajstić information content (AvgIpc) is 2.54. The van der Waals surface area contributed by atoms with E-state index in [1.165, 1.54) is 0 Å². The summed E-state index contributed by atoms with van der Waals surface area (Å²) >= 11 is 0. The van der Waals surface area contributed by atoms with Crippen LogP contribution in [0.5, 0.6) is 5.75 Å². The average molecular weight is 298 g/mol. The van der Waals surface area contributed by atoms with Gasteiger partial charge in [-0.1, -0.05) is 12.1 Å². The van der Waals surface area contributed by atoms with Crippen LogP contribution in [0, 0.1) is 6.92 Å². The van der Waals surface area contributed by atoms with Crippen molar-refractivity contribution in [3.05, 3.63) is 59.2 Å². The van der Waals surface area contributed by atoms with Crippen LogP contribution in [0.1, 0.15) is 26.3 Å². The third-order valence-corrected chi connectivity index (χ3v) is 3.28. The molecule has 114 valence electrons. The third kappa shape index (κ3) is 3.44. The lowest BCUT2D eigenvalue weighted by atomic mass is 10.1. The van der Waals surface area contributed by atoms with E-state index < -0.39 is 0 Å². The largest absolute Gasteiger partial charge is 0.496 e. The van der Waals surface area contributed by atoms with Gasteiger partial charge in [-0.25, -0.2) is 0 Å². The number of ether oxygens (including phenoxy) is 1. The summed E-state index contributed by atoms with van der Waals surface area (Å²) < 4.78 is 5.22. The quantitative estimate of drug-likeness (QED) is 0.911. The van der Waals surface area contributed by atoms with Crippen LogP contribution in [0.2, 0.25) is 0 Å². The maximum absolute atomic E-state index is 12.3. The number of amides is 2. The van der Waals surface area contributed by atoms with Crippen molar-refractivity contribution in [2.45, 2.75) is 6.92 Å². The third-order valence-electron chi connectivity index (χ3n) is 3.28.